The van der Waals surface area contributed by atoms with Crippen LogP contribution in [0.5, 0.6) is 0 Å². The van der Waals surface area contributed by atoms with Gasteiger partial charge in [-0.15, -0.1) is 0 Å². The van der Waals surface area contributed by atoms with Crippen LogP contribution in [0.1, 0.15) is 206 Å². The van der Waals surface area contributed by atoms with Crippen LogP contribution in [-0.4, -0.2) is 36.4 Å². The average Bonchev–Trinajstić information content (AvgIpc) is 3.34. The normalized spacial score (nSPS) is 13.5. The Morgan fingerprint density at radius 2 is 0.632 bits per heavy atom. The Morgan fingerprint density at radius 1 is 0.353 bits per heavy atom. The highest BCUT2D eigenvalue weighted by Crippen LogP contribution is 2.12. The van der Waals surface area contributed by atoms with Crippen LogP contribution in [0, 0.1) is 0 Å². The first-order valence-electron chi connectivity index (χ1n) is 27.0. The minimum absolute atomic E-state index is 0.0939. The van der Waals surface area contributed by atoms with E-state index in [9.17, 15) is 14.7 Å². The number of hydrogen-bond acceptors (Lipinski definition) is 5. The lowest BCUT2D eigenvalue weighted by Gasteiger charge is -2.15. The first kappa shape index (κ1) is 63.5. The molecule has 0 radical (unpaired) electrons. The number of unbranched alkanes of at least 4 members (excludes halogenated alkanes) is 13. The predicted octanol–water partition coefficient (Wildman–Crippen LogP) is 18.4. The minimum atomic E-state index is -0.805. The minimum Gasteiger partial charge on any atom is -0.462 e. The van der Waals surface area contributed by atoms with Crippen molar-refractivity contribution >= 4 is 11.9 Å². The van der Waals surface area contributed by atoms with Gasteiger partial charge in [0.05, 0.1) is 6.61 Å². The summed E-state index contributed by atoms with van der Waals surface area (Å²) >= 11 is 0. The van der Waals surface area contributed by atoms with Crippen LogP contribution in [0.2, 0.25) is 0 Å². The molecule has 1 unspecified atom stereocenters. The van der Waals surface area contributed by atoms with Gasteiger partial charge in [0.25, 0.3) is 0 Å². The first-order valence-corrected chi connectivity index (χ1v) is 27.0. The van der Waals surface area contributed by atoms with Gasteiger partial charge in [-0.25, -0.2) is 0 Å². The molecular formula is C63H98O5. The fourth-order valence-corrected chi connectivity index (χ4v) is 6.76. The molecule has 0 aromatic carbocycles. The maximum absolute atomic E-state index is 12.3. The van der Waals surface area contributed by atoms with Crippen molar-refractivity contribution in [3.05, 3.63) is 158 Å². The van der Waals surface area contributed by atoms with E-state index in [0.717, 1.165) is 128 Å². The summed E-state index contributed by atoms with van der Waals surface area (Å²) in [6.07, 6.45) is 87.7. The Labute approximate surface area is 418 Å². The maximum atomic E-state index is 12.3. The third kappa shape index (κ3) is 54.1. The van der Waals surface area contributed by atoms with Gasteiger partial charge in [0.1, 0.15) is 6.61 Å². The fraction of sp³-hybridized carbons (Fsp3) is 0.556. The lowest BCUT2D eigenvalue weighted by molar-refractivity contribution is -0.161. The Hall–Kier alpha value is -4.48. The van der Waals surface area contributed by atoms with E-state index in [-0.39, 0.29) is 25.2 Å². The number of esters is 2. The molecule has 0 bridgehead atoms. The van der Waals surface area contributed by atoms with Crippen molar-refractivity contribution in [2.75, 3.05) is 13.2 Å². The molecule has 0 fully saturated rings. The summed E-state index contributed by atoms with van der Waals surface area (Å²) in [5.41, 5.74) is 0. The Bertz CT molecular complexity index is 1520. The van der Waals surface area contributed by atoms with Crippen molar-refractivity contribution in [3.63, 3.8) is 0 Å². The second kappa shape index (κ2) is 56.8. The lowest BCUT2D eigenvalue weighted by atomic mass is 10.1. The zero-order valence-electron chi connectivity index (χ0n) is 43.3. The van der Waals surface area contributed by atoms with Gasteiger partial charge in [-0.05, 0) is 128 Å². The van der Waals surface area contributed by atoms with Crippen LogP contribution in [0.25, 0.3) is 0 Å². The molecule has 380 valence electrons. The molecule has 0 heterocycles. The van der Waals surface area contributed by atoms with Gasteiger partial charge in [0, 0.05) is 12.8 Å². The summed E-state index contributed by atoms with van der Waals surface area (Å²) in [5, 5.41) is 9.62. The maximum Gasteiger partial charge on any atom is 0.306 e. The monoisotopic (exact) mass is 935 g/mol. The predicted molar refractivity (Wildman–Crippen MR) is 297 cm³/mol. The Balaban J connectivity index is 3.70. The van der Waals surface area contributed by atoms with Crippen molar-refractivity contribution in [1.82, 2.24) is 0 Å². The summed E-state index contributed by atoms with van der Waals surface area (Å²) in [6, 6.07) is 0. The second-order valence-corrected chi connectivity index (χ2v) is 17.2. The number of aliphatic hydroxyl groups excluding tert-OH is 1. The highest BCUT2D eigenvalue weighted by atomic mass is 16.6. The molecular weight excluding hydrogens is 837 g/mol. The van der Waals surface area contributed by atoms with E-state index in [0.29, 0.717) is 12.8 Å². The zero-order chi connectivity index (χ0) is 49.2. The molecule has 0 amide bonds. The zero-order valence-corrected chi connectivity index (χ0v) is 43.3. The third-order valence-corrected chi connectivity index (χ3v) is 10.8. The van der Waals surface area contributed by atoms with E-state index >= 15 is 0 Å². The van der Waals surface area contributed by atoms with Gasteiger partial charge in [-0.3, -0.25) is 9.59 Å². The molecule has 0 aliphatic heterocycles. The molecule has 0 saturated carbocycles. The number of hydrogen-bond donors (Lipinski definition) is 1. The van der Waals surface area contributed by atoms with Crippen LogP contribution in [0.3, 0.4) is 0 Å². The van der Waals surface area contributed by atoms with E-state index < -0.39 is 6.10 Å². The summed E-state index contributed by atoms with van der Waals surface area (Å²) in [6.45, 7) is 3.95. The molecule has 0 rings (SSSR count). The molecule has 1 atom stereocenters. The van der Waals surface area contributed by atoms with Crippen molar-refractivity contribution < 1.29 is 24.2 Å². The molecule has 0 aliphatic rings. The van der Waals surface area contributed by atoms with Gasteiger partial charge in [-0.1, -0.05) is 223 Å². The molecule has 0 aromatic rings. The fourth-order valence-electron chi connectivity index (χ4n) is 6.76. The Morgan fingerprint density at radius 3 is 0.971 bits per heavy atom. The molecule has 5 nitrogen and oxygen atoms in total. The quantitative estimate of drug-likeness (QED) is 0.0374. The van der Waals surface area contributed by atoms with E-state index in [1.165, 1.54) is 51.4 Å². The number of ether oxygens (including phenoxy) is 2. The van der Waals surface area contributed by atoms with Crippen molar-refractivity contribution in [2.24, 2.45) is 0 Å². The molecule has 0 aromatic heterocycles. The van der Waals surface area contributed by atoms with E-state index in [2.05, 4.69) is 172 Å². The number of carbonyl (C=O) groups excluding carboxylic acids is 2. The van der Waals surface area contributed by atoms with E-state index in [1.807, 2.05) is 0 Å². The first-order chi connectivity index (χ1) is 33.6. The van der Waals surface area contributed by atoms with Crippen molar-refractivity contribution in [3.8, 4) is 0 Å². The van der Waals surface area contributed by atoms with Crippen LogP contribution in [0.15, 0.2) is 158 Å². The number of aliphatic hydroxyl groups is 1. The summed E-state index contributed by atoms with van der Waals surface area (Å²) in [4.78, 5) is 24.4. The number of rotatable bonds is 47. The highest BCUT2D eigenvalue weighted by Gasteiger charge is 2.16. The SMILES string of the molecule is CC/C=C\C/C=C\C/C=C\C/C=C\C/C=C\C/C=C\C/C=C\C/C=C\C/C=C\C/C=C\C/C=C\CCCCCC(=O)OC(CO)COC(=O)CCCCCCCCC/C=C\C/C=C\CCCCC. The molecule has 1 N–H and O–H groups in total. The molecule has 0 saturated heterocycles. The van der Waals surface area contributed by atoms with Gasteiger partial charge in [0.2, 0.25) is 0 Å². The van der Waals surface area contributed by atoms with Gasteiger partial charge in [0.15, 0.2) is 6.10 Å². The molecule has 0 spiro atoms. The molecule has 68 heavy (non-hydrogen) atoms. The average molecular weight is 935 g/mol. The number of carbonyl (C=O) groups is 2. The largest absolute Gasteiger partial charge is 0.462 e. The van der Waals surface area contributed by atoms with E-state index in [1.54, 1.807) is 0 Å². The van der Waals surface area contributed by atoms with Crippen molar-refractivity contribution in [1.29, 1.82) is 0 Å². The summed E-state index contributed by atoms with van der Waals surface area (Å²) < 4.78 is 10.6. The van der Waals surface area contributed by atoms with Crippen LogP contribution >= 0.6 is 0 Å². The topological polar surface area (TPSA) is 72.8 Å². The standard InChI is InChI=1S/C63H98O5/c1-3-5-7-9-11-13-15-17-19-21-22-23-24-25-26-27-28-29-30-31-32-33-34-35-36-37-38-39-40-42-44-46-48-50-52-54-56-58-63(66)68-61(59-64)60-67-62(65)57-55-53-51-49-47-45-43-41-20-18-16-14-12-10-8-6-4-2/h5,7,11-14,17-20,22-23,25-26,28-29,31-32,34-35,37-38,40,42,46,48,61,64H,3-4,6,8-10,15-16,21,24,27,30,33,36,39,41,43-45,47,49-60H2,1-2H3/b7-5-,13-11-,14-12-,19-17-,20-18-,23-22-,26-25-,29-28-,32-31-,35-34-,38-37-,42-40-,48-46-. The second-order valence-electron chi connectivity index (χ2n) is 17.2. The van der Waals surface area contributed by atoms with Crippen LogP contribution in [0.4, 0.5) is 0 Å². The van der Waals surface area contributed by atoms with Gasteiger partial charge in [-0.2, -0.15) is 0 Å². The van der Waals surface area contributed by atoms with Crippen molar-refractivity contribution in [2.45, 2.75) is 213 Å². The van der Waals surface area contributed by atoms with E-state index in [4.69, 9.17) is 9.47 Å². The summed E-state index contributed by atoms with van der Waals surface area (Å²) in [7, 11) is 0. The smallest absolute Gasteiger partial charge is 0.306 e. The molecule has 0 aliphatic carbocycles. The van der Waals surface area contributed by atoms with Crippen LogP contribution < -0.4 is 0 Å². The Kier molecular flexibility index (Phi) is 53.1. The van der Waals surface area contributed by atoms with Crippen LogP contribution in [-0.2, 0) is 19.1 Å². The lowest BCUT2D eigenvalue weighted by Crippen LogP contribution is -2.28. The number of allylic oxidation sites excluding steroid dienone is 26. The van der Waals surface area contributed by atoms with Gasteiger partial charge < -0.3 is 14.6 Å². The third-order valence-electron chi connectivity index (χ3n) is 10.8. The molecule has 5 heteroatoms. The highest BCUT2D eigenvalue weighted by molar-refractivity contribution is 5.70. The van der Waals surface area contributed by atoms with Gasteiger partial charge >= 0.3 is 11.9 Å². The summed E-state index contributed by atoms with van der Waals surface area (Å²) in [5.74, 6) is -0.651.